The highest BCUT2D eigenvalue weighted by Crippen LogP contribution is 2.51. The average molecular weight is 249 g/mol. The smallest absolute Gasteiger partial charge is 0.00968 e. The van der Waals surface area contributed by atoms with Gasteiger partial charge in [0.1, 0.15) is 0 Å². The Balaban J connectivity index is 1.89. The van der Waals surface area contributed by atoms with Crippen molar-refractivity contribution in [1.82, 2.24) is 5.32 Å². The van der Waals surface area contributed by atoms with Gasteiger partial charge in [-0.15, -0.1) is 6.58 Å². The van der Waals surface area contributed by atoms with Gasteiger partial charge in [-0.2, -0.15) is 0 Å². The van der Waals surface area contributed by atoms with Gasteiger partial charge in [-0.25, -0.2) is 0 Å². The van der Waals surface area contributed by atoms with Crippen molar-refractivity contribution in [3.8, 4) is 0 Å². The van der Waals surface area contributed by atoms with Crippen LogP contribution >= 0.6 is 0 Å². The van der Waals surface area contributed by atoms with E-state index in [1.165, 1.54) is 32.1 Å². The van der Waals surface area contributed by atoms with E-state index in [4.69, 9.17) is 0 Å². The second kappa shape index (κ2) is 5.00. The molecule has 0 aromatic heterocycles. The summed E-state index contributed by atoms with van der Waals surface area (Å²) in [6, 6.07) is 0. The van der Waals surface area contributed by atoms with Crippen LogP contribution in [0.25, 0.3) is 0 Å². The van der Waals surface area contributed by atoms with Crippen LogP contribution in [0.4, 0.5) is 0 Å². The maximum absolute atomic E-state index is 4.10. The van der Waals surface area contributed by atoms with Gasteiger partial charge in [0.2, 0.25) is 0 Å². The van der Waals surface area contributed by atoms with E-state index < -0.39 is 0 Å². The second-order valence-corrected chi connectivity index (χ2v) is 8.10. The molecule has 0 aliphatic heterocycles. The SMILES string of the molecule is C=CC(C)(CNC(C)(C)C)CC1CC2CCC1C2. The summed E-state index contributed by atoms with van der Waals surface area (Å²) in [4.78, 5) is 0. The summed E-state index contributed by atoms with van der Waals surface area (Å²) in [5.41, 5.74) is 0.474. The topological polar surface area (TPSA) is 12.0 Å². The highest BCUT2D eigenvalue weighted by Gasteiger charge is 2.41. The lowest BCUT2D eigenvalue weighted by Crippen LogP contribution is -2.43. The molecule has 0 saturated heterocycles. The van der Waals surface area contributed by atoms with Gasteiger partial charge >= 0.3 is 0 Å². The standard InChI is InChI=1S/C17H31N/c1-6-17(5,12-18-16(2,3)4)11-15-10-13-7-8-14(15)9-13/h6,13-15,18H,1,7-12H2,2-5H3. The second-order valence-electron chi connectivity index (χ2n) is 8.10. The van der Waals surface area contributed by atoms with Gasteiger partial charge in [0, 0.05) is 12.1 Å². The summed E-state index contributed by atoms with van der Waals surface area (Å²) in [5, 5.41) is 3.66. The molecule has 1 nitrogen and oxygen atoms in total. The van der Waals surface area contributed by atoms with Gasteiger partial charge in [0.25, 0.3) is 0 Å². The number of nitrogens with one attached hydrogen (secondary N) is 1. The molecule has 0 spiro atoms. The minimum absolute atomic E-state index is 0.207. The van der Waals surface area contributed by atoms with Crippen molar-refractivity contribution >= 4 is 0 Å². The monoisotopic (exact) mass is 249 g/mol. The van der Waals surface area contributed by atoms with E-state index in [0.29, 0.717) is 0 Å². The summed E-state index contributed by atoms with van der Waals surface area (Å²) in [6.07, 6.45) is 9.54. The highest BCUT2D eigenvalue weighted by molar-refractivity contribution is 5.00. The van der Waals surface area contributed by atoms with Crippen LogP contribution < -0.4 is 5.32 Å². The molecule has 0 aromatic carbocycles. The van der Waals surface area contributed by atoms with Crippen LogP contribution in [-0.2, 0) is 0 Å². The summed E-state index contributed by atoms with van der Waals surface area (Å²) < 4.78 is 0. The summed E-state index contributed by atoms with van der Waals surface area (Å²) in [6.45, 7) is 14.3. The van der Waals surface area contributed by atoms with E-state index in [-0.39, 0.29) is 11.0 Å². The molecule has 4 atom stereocenters. The first-order valence-corrected chi connectivity index (χ1v) is 7.70. The minimum Gasteiger partial charge on any atom is -0.311 e. The summed E-state index contributed by atoms with van der Waals surface area (Å²) in [5.74, 6) is 3.06. The van der Waals surface area contributed by atoms with Gasteiger partial charge in [-0.3, -0.25) is 0 Å². The minimum atomic E-state index is 0.207. The summed E-state index contributed by atoms with van der Waals surface area (Å²) >= 11 is 0. The molecule has 2 bridgehead atoms. The predicted molar refractivity (Wildman–Crippen MR) is 79.6 cm³/mol. The molecule has 2 aliphatic rings. The number of fused-ring (bicyclic) bond motifs is 2. The first-order chi connectivity index (χ1) is 8.31. The molecule has 18 heavy (non-hydrogen) atoms. The largest absolute Gasteiger partial charge is 0.311 e. The Morgan fingerprint density at radius 2 is 1.89 bits per heavy atom. The zero-order chi connectivity index (χ0) is 13.4. The van der Waals surface area contributed by atoms with E-state index in [2.05, 4.69) is 45.7 Å². The fourth-order valence-electron chi connectivity index (χ4n) is 3.92. The van der Waals surface area contributed by atoms with Crippen LogP contribution in [0.5, 0.6) is 0 Å². The Kier molecular flexibility index (Phi) is 3.92. The Hall–Kier alpha value is -0.300. The maximum atomic E-state index is 4.10. The molecule has 104 valence electrons. The normalized spacial score (nSPS) is 34.6. The van der Waals surface area contributed by atoms with Crippen molar-refractivity contribution in [3.05, 3.63) is 12.7 Å². The molecule has 1 heteroatoms. The third-order valence-electron chi connectivity index (χ3n) is 5.13. The van der Waals surface area contributed by atoms with E-state index in [1.54, 1.807) is 0 Å². The molecule has 0 amide bonds. The average Bonchev–Trinajstić information content (AvgIpc) is 2.87. The van der Waals surface area contributed by atoms with E-state index >= 15 is 0 Å². The van der Waals surface area contributed by atoms with Crippen LogP contribution in [0.15, 0.2) is 12.7 Å². The van der Waals surface area contributed by atoms with Crippen LogP contribution in [0.2, 0.25) is 0 Å². The van der Waals surface area contributed by atoms with E-state index in [9.17, 15) is 0 Å². The van der Waals surface area contributed by atoms with Crippen molar-refractivity contribution in [2.24, 2.45) is 23.2 Å². The highest BCUT2D eigenvalue weighted by atomic mass is 15.0. The van der Waals surface area contributed by atoms with Gasteiger partial charge < -0.3 is 5.32 Å². The lowest BCUT2D eigenvalue weighted by atomic mass is 9.74. The van der Waals surface area contributed by atoms with Crippen LogP contribution in [0, 0.1) is 23.2 Å². The fraction of sp³-hybridized carbons (Fsp3) is 0.882. The number of hydrogen-bond donors (Lipinski definition) is 1. The lowest BCUT2D eigenvalue weighted by Gasteiger charge is -2.35. The van der Waals surface area contributed by atoms with Gasteiger partial charge in [0.05, 0.1) is 0 Å². The van der Waals surface area contributed by atoms with Crippen molar-refractivity contribution in [1.29, 1.82) is 0 Å². The molecule has 0 heterocycles. The third-order valence-corrected chi connectivity index (χ3v) is 5.13. The van der Waals surface area contributed by atoms with Crippen LogP contribution in [0.1, 0.15) is 59.8 Å². The maximum Gasteiger partial charge on any atom is 0.00968 e. The molecular formula is C17H31N. The zero-order valence-electron chi connectivity index (χ0n) is 12.8. The Morgan fingerprint density at radius 1 is 1.17 bits per heavy atom. The van der Waals surface area contributed by atoms with Crippen molar-refractivity contribution in [2.75, 3.05) is 6.54 Å². The third kappa shape index (κ3) is 3.38. The first kappa shape index (κ1) is 14.1. The molecular weight excluding hydrogens is 218 g/mol. The quantitative estimate of drug-likeness (QED) is 0.712. The van der Waals surface area contributed by atoms with Crippen molar-refractivity contribution < 1.29 is 0 Å². The molecule has 4 unspecified atom stereocenters. The number of hydrogen-bond acceptors (Lipinski definition) is 1. The molecule has 0 radical (unpaired) electrons. The van der Waals surface area contributed by atoms with Crippen LogP contribution in [0.3, 0.4) is 0 Å². The molecule has 2 saturated carbocycles. The zero-order valence-corrected chi connectivity index (χ0v) is 12.8. The predicted octanol–water partition coefficient (Wildman–Crippen LogP) is 4.39. The van der Waals surface area contributed by atoms with Crippen molar-refractivity contribution in [3.63, 3.8) is 0 Å². The molecule has 2 fully saturated rings. The van der Waals surface area contributed by atoms with Crippen LogP contribution in [-0.4, -0.2) is 12.1 Å². The van der Waals surface area contributed by atoms with Gasteiger partial charge in [-0.1, -0.05) is 19.4 Å². The van der Waals surface area contributed by atoms with Gasteiger partial charge in [0.15, 0.2) is 0 Å². The Labute approximate surface area is 113 Å². The lowest BCUT2D eigenvalue weighted by molar-refractivity contribution is 0.214. The first-order valence-electron chi connectivity index (χ1n) is 7.70. The Morgan fingerprint density at radius 3 is 2.33 bits per heavy atom. The summed E-state index contributed by atoms with van der Waals surface area (Å²) in [7, 11) is 0. The molecule has 2 rings (SSSR count). The molecule has 0 aromatic rings. The fourth-order valence-corrected chi connectivity index (χ4v) is 3.92. The van der Waals surface area contributed by atoms with Crippen molar-refractivity contribution in [2.45, 2.75) is 65.3 Å². The molecule has 1 N–H and O–H groups in total. The number of rotatable bonds is 5. The Bertz CT molecular complexity index is 301. The van der Waals surface area contributed by atoms with E-state index in [0.717, 1.165) is 24.3 Å². The molecule has 2 aliphatic carbocycles. The van der Waals surface area contributed by atoms with E-state index in [1.807, 2.05) is 0 Å². The van der Waals surface area contributed by atoms with Gasteiger partial charge in [-0.05, 0) is 69.6 Å².